The van der Waals surface area contributed by atoms with Crippen molar-refractivity contribution in [2.75, 3.05) is 24.6 Å². The minimum absolute atomic E-state index is 0.337. The van der Waals surface area contributed by atoms with Gasteiger partial charge in [0.1, 0.15) is 9.84 Å². The van der Waals surface area contributed by atoms with Crippen LogP contribution in [0.25, 0.3) is 0 Å². The van der Waals surface area contributed by atoms with Crippen molar-refractivity contribution in [3.8, 4) is 0 Å². The molecule has 0 aliphatic carbocycles. The Kier molecular flexibility index (Phi) is 4.10. The van der Waals surface area contributed by atoms with Gasteiger partial charge in [-0.3, -0.25) is 4.90 Å². The normalized spacial score (nSPS) is 35.9. The molecule has 0 spiro atoms. The molecular formula is C12H24N2O2S. The maximum Gasteiger partial charge on any atom is 0.150 e. The first kappa shape index (κ1) is 13.3. The van der Waals surface area contributed by atoms with E-state index in [4.69, 9.17) is 5.73 Å². The van der Waals surface area contributed by atoms with Crippen LogP contribution in [0.2, 0.25) is 0 Å². The van der Waals surface area contributed by atoms with Crippen molar-refractivity contribution in [1.82, 2.24) is 4.90 Å². The lowest BCUT2D eigenvalue weighted by Crippen LogP contribution is -2.52. The molecule has 0 aromatic rings. The summed E-state index contributed by atoms with van der Waals surface area (Å²) in [5.41, 5.74) is 6.10. The second-order valence-corrected chi connectivity index (χ2v) is 7.80. The van der Waals surface area contributed by atoms with Crippen LogP contribution < -0.4 is 5.73 Å². The number of hydrogen-bond acceptors (Lipinski definition) is 4. The largest absolute Gasteiger partial charge is 0.327 e. The Bertz CT molecular complexity index is 342. The van der Waals surface area contributed by atoms with E-state index in [-0.39, 0.29) is 0 Å². The van der Waals surface area contributed by atoms with Crippen LogP contribution in [0.4, 0.5) is 0 Å². The van der Waals surface area contributed by atoms with Crippen LogP contribution in [0.1, 0.15) is 32.6 Å². The summed E-state index contributed by atoms with van der Waals surface area (Å²) in [5, 5.41) is 0. The fourth-order valence-corrected chi connectivity index (χ4v) is 4.55. The van der Waals surface area contributed by atoms with E-state index in [1.54, 1.807) is 0 Å². The van der Waals surface area contributed by atoms with Crippen molar-refractivity contribution >= 4 is 9.84 Å². The molecule has 0 radical (unpaired) electrons. The molecule has 2 unspecified atom stereocenters. The lowest BCUT2D eigenvalue weighted by atomic mass is 9.89. The number of piperidine rings is 1. The number of rotatable bonds is 2. The summed E-state index contributed by atoms with van der Waals surface area (Å²) in [7, 11) is -2.74. The molecule has 2 saturated heterocycles. The second kappa shape index (κ2) is 5.24. The molecule has 2 N–H and O–H groups in total. The molecule has 0 amide bonds. The minimum atomic E-state index is -2.74. The first-order chi connectivity index (χ1) is 8.02. The predicted molar refractivity (Wildman–Crippen MR) is 69.6 cm³/mol. The highest BCUT2D eigenvalue weighted by atomic mass is 32.2. The van der Waals surface area contributed by atoms with Gasteiger partial charge in [-0.05, 0) is 31.7 Å². The number of hydrogen-bond donors (Lipinski definition) is 1. The van der Waals surface area contributed by atoms with E-state index in [1.165, 1.54) is 0 Å². The molecule has 0 saturated carbocycles. The Hall–Kier alpha value is -0.130. The van der Waals surface area contributed by atoms with Gasteiger partial charge in [0.05, 0.1) is 11.5 Å². The molecule has 0 aromatic carbocycles. The zero-order valence-corrected chi connectivity index (χ0v) is 11.5. The van der Waals surface area contributed by atoms with Crippen LogP contribution in [0, 0.1) is 5.92 Å². The van der Waals surface area contributed by atoms with E-state index >= 15 is 0 Å². The van der Waals surface area contributed by atoms with Crippen molar-refractivity contribution in [2.45, 2.75) is 44.7 Å². The molecule has 2 atom stereocenters. The molecule has 2 rings (SSSR count). The van der Waals surface area contributed by atoms with Gasteiger partial charge in [0, 0.05) is 18.6 Å². The lowest BCUT2D eigenvalue weighted by Gasteiger charge is -2.42. The maximum absolute atomic E-state index is 11.4. The molecule has 100 valence electrons. The van der Waals surface area contributed by atoms with Gasteiger partial charge in [-0.15, -0.1) is 0 Å². The highest BCUT2D eigenvalue weighted by molar-refractivity contribution is 7.91. The van der Waals surface area contributed by atoms with E-state index in [0.29, 0.717) is 29.5 Å². The minimum Gasteiger partial charge on any atom is -0.327 e. The average Bonchev–Trinajstić information content (AvgIpc) is 2.30. The van der Waals surface area contributed by atoms with Crippen molar-refractivity contribution < 1.29 is 8.42 Å². The highest BCUT2D eigenvalue weighted by Crippen LogP contribution is 2.25. The van der Waals surface area contributed by atoms with Gasteiger partial charge in [0.15, 0.2) is 0 Å². The summed E-state index contributed by atoms with van der Waals surface area (Å²) in [6, 6.07) is 0.809. The summed E-state index contributed by atoms with van der Waals surface area (Å²) in [5.74, 6) is 1.33. The standard InChI is InChI=1S/C12H24N2O2S/c1-2-10-9-14(6-3-12(10)13)11-4-7-17(15,16)8-5-11/h10-12H,2-9,13H2,1H3. The van der Waals surface area contributed by atoms with Gasteiger partial charge in [-0.1, -0.05) is 13.3 Å². The third-order valence-corrected chi connectivity index (χ3v) is 6.10. The molecule has 5 heteroatoms. The van der Waals surface area contributed by atoms with Gasteiger partial charge in [-0.2, -0.15) is 0 Å². The van der Waals surface area contributed by atoms with Crippen molar-refractivity contribution in [1.29, 1.82) is 0 Å². The Balaban J connectivity index is 1.91. The number of nitrogens with zero attached hydrogens (tertiary/aromatic N) is 1. The van der Waals surface area contributed by atoms with Crippen molar-refractivity contribution in [2.24, 2.45) is 11.7 Å². The van der Waals surface area contributed by atoms with Crippen molar-refractivity contribution in [3.63, 3.8) is 0 Å². The zero-order valence-electron chi connectivity index (χ0n) is 10.6. The molecule has 4 nitrogen and oxygen atoms in total. The Labute approximate surface area is 104 Å². The second-order valence-electron chi connectivity index (χ2n) is 5.50. The molecule has 0 aromatic heterocycles. The molecule has 0 bridgehead atoms. The van der Waals surface area contributed by atoms with Crippen LogP contribution in [-0.4, -0.2) is 50.0 Å². The molecule has 2 aliphatic rings. The molecule has 2 aliphatic heterocycles. The number of nitrogens with two attached hydrogens (primary N) is 1. The third-order valence-electron chi connectivity index (χ3n) is 4.39. The van der Waals surface area contributed by atoms with Crippen LogP contribution in [0.5, 0.6) is 0 Å². The fourth-order valence-electron chi connectivity index (χ4n) is 3.08. The van der Waals surface area contributed by atoms with E-state index in [0.717, 1.165) is 38.8 Å². The summed E-state index contributed by atoms with van der Waals surface area (Å²) in [6.45, 7) is 4.30. The lowest BCUT2D eigenvalue weighted by molar-refractivity contribution is 0.100. The molecule has 2 heterocycles. The summed E-state index contributed by atoms with van der Waals surface area (Å²) < 4.78 is 22.8. The van der Waals surface area contributed by atoms with E-state index in [2.05, 4.69) is 11.8 Å². The Morgan fingerprint density at radius 1 is 1.24 bits per heavy atom. The topological polar surface area (TPSA) is 63.4 Å². The summed E-state index contributed by atoms with van der Waals surface area (Å²) in [6.07, 6.45) is 3.81. The zero-order chi connectivity index (χ0) is 12.5. The SMILES string of the molecule is CCC1CN(C2CCS(=O)(=O)CC2)CCC1N. The van der Waals surface area contributed by atoms with Gasteiger partial charge < -0.3 is 5.73 Å². The van der Waals surface area contributed by atoms with Gasteiger partial charge >= 0.3 is 0 Å². The van der Waals surface area contributed by atoms with Crippen molar-refractivity contribution in [3.05, 3.63) is 0 Å². The van der Waals surface area contributed by atoms with Crippen LogP contribution in [-0.2, 0) is 9.84 Å². The molecule has 17 heavy (non-hydrogen) atoms. The van der Waals surface area contributed by atoms with E-state index < -0.39 is 9.84 Å². The van der Waals surface area contributed by atoms with Crippen LogP contribution in [0.3, 0.4) is 0 Å². The summed E-state index contributed by atoms with van der Waals surface area (Å²) in [4.78, 5) is 2.48. The molecular weight excluding hydrogens is 236 g/mol. The fraction of sp³-hybridized carbons (Fsp3) is 1.00. The quantitative estimate of drug-likeness (QED) is 0.791. The van der Waals surface area contributed by atoms with Crippen LogP contribution >= 0.6 is 0 Å². The van der Waals surface area contributed by atoms with Gasteiger partial charge in [-0.25, -0.2) is 8.42 Å². The smallest absolute Gasteiger partial charge is 0.150 e. The first-order valence-electron chi connectivity index (χ1n) is 6.72. The van der Waals surface area contributed by atoms with Gasteiger partial charge in [0.25, 0.3) is 0 Å². The third kappa shape index (κ3) is 3.20. The average molecular weight is 260 g/mol. The Morgan fingerprint density at radius 2 is 1.88 bits per heavy atom. The van der Waals surface area contributed by atoms with E-state index in [9.17, 15) is 8.42 Å². The van der Waals surface area contributed by atoms with E-state index in [1.807, 2.05) is 0 Å². The van der Waals surface area contributed by atoms with Crippen LogP contribution in [0.15, 0.2) is 0 Å². The molecule has 2 fully saturated rings. The highest BCUT2D eigenvalue weighted by Gasteiger charge is 2.32. The maximum atomic E-state index is 11.4. The van der Waals surface area contributed by atoms with Gasteiger partial charge in [0.2, 0.25) is 0 Å². The monoisotopic (exact) mass is 260 g/mol. The predicted octanol–water partition coefficient (Wildman–Crippen LogP) is 0.623. The first-order valence-corrected chi connectivity index (χ1v) is 8.54. The summed E-state index contributed by atoms with van der Waals surface area (Å²) >= 11 is 0. The number of sulfone groups is 1. The number of likely N-dealkylation sites (tertiary alicyclic amines) is 1. The Morgan fingerprint density at radius 3 is 2.47 bits per heavy atom.